The van der Waals surface area contributed by atoms with Crippen LogP contribution in [0.5, 0.6) is 0 Å². The molecule has 0 atom stereocenters. The number of amides is 1. The molecule has 19 heavy (non-hydrogen) atoms. The summed E-state index contributed by atoms with van der Waals surface area (Å²) >= 11 is 0. The predicted octanol–water partition coefficient (Wildman–Crippen LogP) is 3.25. The van der Waals surface area contributed by atoms with Crippen LogP contribution in [0.3, 0.4) is 0 Å². The quantitative estimate of drug-likeness (QED) is 0.623. The molecule has 94 valence electrons. The van der Waals surface area contributed by atoms with E-state index in [9.17, 15) is 9.59 Å². The Morgan fingerprint density at radius 2 is 1.42 bits per heavy atom. The molecule has 4 heteroatoms. The number of carbonyl (C=O) groups excluding carboxylic acids is 2. The van der Waals surface area contributed by atoms with Crippen molar-refractivity contribution in [2.45, 2.75) is 6.10 Å². The lowest BCUT2D eigenvalue weighted by atomic mass is 10.0. The Labute approximate surface area is 110 Å². The Kier molecular flexibility index (Phi) is 4.21. The molecule has 0 radical (unpaired) electrons. The number of ether oxygens (including phenoxy) is 1. The normalized spacial score (nSPS) is 9.74. The first-order valence-corrected chi connectivity index (χ1v) is 5.69. The van der Waals surface area contributed by atoms with Crippen LogP contribution in [0.25, 0.3) is 0 Å². The Bertz CT molecular complexity index is 550. The van der Waals surface area contributed by atoms with Gasteiger partial charge in [0.05, 0.1) is 0 Å². The third-order valence-corrected chi connectivity index (χ3v) is 2.56. The SMILES string of the molecule is O=C=NC(=O)OC(c1ccccc1)c1ccccc1. The monoisotopic (exact) mass is 253 g/mol. The Morgan fingerprint density at radius 3 is 1.84 bits per heavy atom. The molecule has 0 saturated heterocycles. The van der Waals surface area contributed by atoms with E-state index in [1.54, 1.807) is 0 Å². The van der Waals surface area contributed by atoms with Crippen LogP contribution in [0.4, 0.5) is 4.79 Å². The van der Waals surface area contributed by atoms with E-state index in [2.05, 4.69) is 4.99 Å². The zero-order valence-electron chi connectivity index (χ0n) is 10.0. The fourth-order valence-corrected chi connectivity index (χ4v) is 1.75. The zero-order valence-corrected chi connectivity index (χ0v) is 10.0. The molecule has 0 aromatic heterocycles. The molecule has 2 rings (SSSR count). The first-order valence-electron chi connectivity index (χ1n) is 5.69. The first-order chi connectivity index (χ1) is 9.31. The van der Waals surface area contributed by atoms with Gasteiger partial charge in [-0.25, -0.2) is 9.59 Å². The van der Waals surface area contributed by atoms with Crippen molar-refractivity contribution in [1.82, 2.24) is 0 Å². The summed E-state index contributed by atoms with van der Waals surface area (Å²) < 4.78 is 5.19. The van der Waals surface area contributed by atoms with Crippen molar-refractivity contribution < 1.29 is 14.3 Å². The number of isocyanates is 1. The first kappa shape index (κ1) is 12.7. The molecule has 0 heterocycles. The second kappa shape index (κ2) is 6.28. The maximum Gasteiger partial charge on any atom is 0.445 e. The van der Waals surface area contributed by atoms with Gasteiger partial charge in [0, 0.05) is 0 Å². The Morgan fingerprint density at radius 1 is 0.947 bits per heavy atom. The van der Waals surface area contributed by atoms with Crippen molar-refractivity contribution in [2.75, 3.05) is 0 Å². The molecule has 0 N–H and O–H groups in total. The molecule has 0 aliphatic carbocycles. The highest BCUT2D eigenvalue weighted by Gasteiger charge is 2.18. The molecule has 0 unspecified atom stereocenters. The van der Waals surface area contributed by atoms with Crippen LogP contribution in [-0.2, 0) is 9.53 Å². The van der Waals surface area contributed by atoms with E-state index in [-0.39, 0.29) is 0 Å². The number of carbonyl (C=O) groups is 1. The number of benzene rings is 2. The van der Waals surface area contributed by atoms with Gasteiger partial charge in [0.2, 0.25) is 6.08 Å². The van der Waals surface area contributed by atoms with Crippen LogP contribution in [-0.4, -0.2) is 12.2 Å². The molecule has 0 fully saturated rings. The van der Waals surface area contributed by atoms with Crippen LogP contribution in [0.1, 0.15) is 17.2 Å². The lowest BCUT2D eigenvalue weighted by Gasteiger charge is -2.16. The third kappa shape index (κ3) is 3.37. The average Bonchev–Trinajstić information content (AvgIpc) is 2.47. The average molecular weight is 253 g/mol. The van der Waals surface area contributed by atoms with Crippen LogP contribution in [0.2, 0.25) is 0 Å². The number of hydrogen-bond donors (Lipinski definition) is 0. The van der Waals surface area contributed by atoms with Gasteiger partial charge in [-0.2, -0.15) is 0 Å². The van der Waals surface area contributed by atoms with Crippen molar-refractivity contribution in [1.29, 1.82) is 0 Å². The van der Waals surface area contributed by atoms with Gasteiger partial charge in [-0.1, -0.05) is 65.7 Å². The van der Waals surface area contributed by atoms with Crippen LogP contribution < -0.4 is 0 Å². The van der Waals surface area contributed by atoms with Crippen molar-refractivity contribution in [2.24, 2.45) is 4.99 Å². The summed E-state index contributed by atoms with van der Waals surface area (Å²) in [6.45, 7) is 0. The molecule has 0 aliphatic rings. The van der Waals surface area contributed by atoms with Crippen LogP contribution in [0.15, 0.2) is 65.7 Å². The largest absolute Gasteiger partial charge is 0.445 e. The number of rotatable bonds is 3. The molecule has 4 nitrogen and oxygen atoms in total. The fraction of sp³-hybridized carbons (Fsp3) is 0.0667. The maximum absolute atomic E-state index is 11.3. The van der Waals surface area contributed by atoms with Gasteiger partial charge in [-0.05, 0) is 11.1 Å². The highest BCUT2D eigenvalue weighted by atomic mass is 16.6. The molecule has 2 aromatic rings. The van der Waals surface area contributed by atoms with Gasteiger partial charge >= 0.3 is 6.09 Å². The number of hydrogen-bond acceptors (Lipinski definition) is 3. The van der Waals surface area contributed by atoms with Crippen molar-refractivity contribution in [3.63, 3.8) is 0 Å². The minimum absolute atomic E-state index is 0.591. The molecule has 2 aromatic carbocycles. The Balaban J connectivity index is 2.34. The van der Waals surface area contributed by atoms with E-state index < -0.39 is 12.2 Å². The molecule has 1 amide bonds. The second-order valence-electron chi connectivity index (χ2n) is 3.79. The minimum Gasteiger partial charge on any atom is -0.434 e. The summed E-state index contributed by atoms with van der Waals surface area (Å²) in [5.41, 5.74) is 1.62. The van der Waals surface area contributed by atoms with Crippen LogP contribution >= 0.6 is 0 Å². The molecule has 0 spiro atoms. The van der Waals surface area contributed by atoms with Gasteiger partial charge in [0.25, 0.3) is 0 Å². The number of aliphatic imine (C=N–C) groups is 1. The van der Waals surface area contributed by atoms with Gasteiger partial charge in [-0.15, -0.1) is 0 Å². The fourth-order valence-electron chi connectivity index (χ4n) is 1.75. The van der Waals surface area contributed by atoms with Crippen molar-refractivity contribution in [3.05, 3.63) is 71.8 Å². The van der Waals surface area contributed by atoms with E-state index in [0.29, 0.717) is 0 Å². The standard InChI is InChI=1S/C15H11NO3/c17-11-16-15(18)19-14(12-7-3-1-4-8-12)13-9-5-2-6-10-13/h1-10,14H. The van der Waals surface area contributed by atoms with E-state index in [4.69, 9.17) is 4.74 Å². The lowest BCUT2D eigenvalue weighted by molar-refractivity contribution is 0.127. The number of nitrogens with zero attached hydrogens (tertiary/aromatic N) is 1. The summed E-state index contributed by atoms with van der Waals surface area (Å²) in [5.74, 6) is 0. The van der Waals surface area contributed by atoms with Crippen molar-refractivity contribution >= 4 is 12.2 Å². The highest BCUT2D eigenvalue weighted by Crippen LogP contribution is 2.26. The summed E-state index contributed by atoms with van der Waals surface area (Å²) in [4.78, 5) is 24.4. The van der Waals surface area contributed by atoms with Gasteiger partial charge < -0.3 is 4.74 Å². The minimum atomic E-state index is -0.951. The van der Waals surface area contributed by atoms with Gasteiger partial charge in [0.1, 0.15) is 0 Å². The summed E-state index contributed by atoms with van der Waals surface area (Å²) in [6.07, 6.45) is -0.366. The highest BCUT2D eigenvalue weighted by molar-refractivity contribution is 5.74. The Hall–Kier alpha value is -2.71. The molecular formula is C15H11NO3. The van der Waals surface area contributed by atoms with E-state index in [1.807, 2.05) is 60.7 Å². The topological polar surface area (TPSA) is 55.7 Å². The summed E-state index contributed by atoms with van der Waals surface area (Å²) in [6, 6.07) is 18.5. The summed E-state index contributed by atoms with van der Waals surface area (Å²) in [5, 5.41) is 0. The van der Waals surface area contributed by atoms with Crippen molar-refractivity contribution in [3.8, 4) is 0 Å². The summed E-state index contributed by atoms with van der Waals surface area (Å²) in [7, 11) is 0. The molecule has 0 saturated carbocycles. The smallest absolute Gasteiger partial charge is 0.434 e. The maximum atomic E-state index is 11.3. The predicted molar refractivity (Wildman–Crippen MR) is 69.3 cm³/mol. The van der Waals surface area contributed by atoms with Gasteiger partial charge in [0.15, 0.2) is 6.10 Å². The molecule has 0 bridgehead atoms. The lowest BCUT2D eigenvalue weighted by Crippen LogP contribution is -2.09. The third-order valence-electron chi connectivity index (χ3n) is 2.56. The second-order valence-corrected chi connectivity index (χ2v) is 3.79. The molecular weight excluding hydrogens is 242 g/mol. The van der Waals surface area contributed by atoms with E-state index in [1.165, 1.54) is 6.08 Å². The van der Waals surface area contributed by atoms with E-state index >= 15 is 0 Å². The van der Waals surface area contributed by atoms with Crippen LogP contribution in [0, 0.1) is 0 Å². The van der Waals surface area contributed by atoms with E-state index in [0.717, 1.165) is 11.1 Å². The zero-order chi connectivity index (χ0) is 13.5. The molecule has 0 aliphatic heterocycles. The van der Waals surface area contributed by atoms with Gasteiger partial charge in [-0.3, -0.25) is 0 Å².